The Balaban J connectivity index is 1.42. The third kappa shape index (κ3) is 3.98. The third-order valence-electron chi connectivity index (χ3n) is 5.23. The zero-order valence-electron chi connectivity index (χ0n) is 16.3. The lowest BCUT2D eigenvalue weighted by Crippen LogP contribution is -2.23. The van der Waals surface area contributed by atoms with Gasteiger partial charge < -0.3 is 19.0 Å². The molecule has 0 spiro atoms. The first-order valence-corrected chi connectivity index (χ1v) is 9.58. The van der Waals surface area contributed by atoms with Crippen LogP contribution in [0, 0.1) is 5.92 Å². The van der Waals surface area contributed by atoms with E-state index >= 15 is 0 Å². The lowest BCUT2D eigenvalue weighted by molar-refractivity contribution is 0.0745. The van der Waals surface area contributed by atoms with Gasteiger partial charge in [0.15, 0.2) is 11.5 Å². The van der Waals surface area contributed by atoms with Crippen LogP contribution in [0.1, 0.15) is 11.1 Å². The smallest absolute Gasteiger partial charge is 0.161 e. The normalized spacial score (nSPS) is 21.1. The average molecular weight is 382 g/mol. The largest absolute Gasteiger partial charge is 0.493 e. The van der Waals surface area contributed by atoms with E-state index in [0.717, 1.165) is 42.4 Å². The van der Waals surface area contributed by atoms with Gasteiger partial charge in [0.2, 0.25) is 0 Å². The first-order valence-electron chi connectivity index (χ1n) is 9.58. The molecule has 0 radical (unpaired) electrons. The van der Waals surface area contributed by atoms with E-state index in [2.05, 4.69) is 34.3 Å². The highest BCUT2D eigenvalue weighted by Crippen LogP contribution is 2.33. The minimum absolute atomic E-state index is 0.130. The van der Waals surface area contributed by atoms with Crippen molar-refractivity contribution in [2.24, 2.45) is 11.1 Å². The van der Waals surface area contributed by atoms with Gasteiger partial charge in [-0.25, -0.2) is 0 Å². The maximum atomic E-state index is 5.81. The van der Waals surface area contributed by atoms with Crippen LogP contribution in [-0.2, 0) is 16.1 Å². The number of nitrogens with zero attached hydrogens (tertiary/aromatic N) is 2. The van der Waals surface area contributed by atoms with Crippen molar-refractivity contribution in [1.82, 2.24) is 4.90 Å². The minimum atomic E-state index is 0.130. The second kappa shape index (κ2) is 8.63. The Kier molecular flexibility index (Phi) is 5.78. The summed E-state index contributed by atoms with van der Waals surface area (Å²) in [6.07, 6.45) is 0.130. The molecule has 1 fully saturated rings. The maximum absolute atomic E-state index is 5.81. The van der Waals surface area contributed by atoms with Crippen molar-refractivity contribution in [1.29, 1.82) is 0 Å². The van der Waals surface area contributed by atoms with E-state index in [1.165, 1.54) is 5.56 Å². The molecule has 2 atom stereocenters. The fourth-order valence-corrected chi connectivity index (χ4v) is 3.84. The van der Waals surface area contributed by atoms with Crippen molar-refractivity contribution in [2.75, 3.05) is 40.5 Å². The minimum Gasteiger partial charge on any atom is -0.493 e. The standard InChI is InChI=1S/C22H26N2O4/c1-25-10-11-27-20-12-16(8-9-19(20)26-2)13-24-14-18-21(15-24)28-23-22(18)17-6-4-3-5-7-17/h3-9,12,18,21H,10-11,13-15H2,1-2H3/t18-,21-/m1/s1. The number of oxime groups is 1. The SMILES string of the molecule is COCCOc1cc(CN2C[C@H]3ON=C(c4ccccc4)[C@@H]3C2)ccc1OC. The summed E-state index contributed by atoms with van der Waals surface area (Å²) in [4.78, 5) is 8.14. The lowest BCUT2D eigenvalue weighted by Gasteiger charge is -2.18. The first kappa shape index (κ1) is 18.8. The summed E-state index contributed by atoms with van der Waals surface area (Å²) in [6, 6.07) is 16.4. The number of hydrogen-bond donors (Lipinski definition) is 0. The first-order chi connectivity index (χ1) is 13.8. The molecule has 0 saturated carbocycles. The monoisotopic (exact) mass is 382 g/mol. The van der Waals surface area contributed by atoms with E-state index in [0.29, 0.717) is 19.1 Å². The number of methoxy groups -OCH3 is 2. The molecule has 2 heterocycles. The maximum Gasteiger partial charge on any atom is 0.161 e. The molecular formula is C22H26N2O4. The van der Waals surface area contributed by atoms with Gasteiger partial charge in [-0.1, -0.05) is 41.6 Å². The number of fused-ring (bicyclic) bond motifs is 1. The summed E-state index contributed by atoms with van der Waals surface area (Å²) in [5.74, 6) is 1.80. The number of ether oxygens (including phenoxy) is 3. The molecule has 4 rings (SSSR count). The molecule has 0 bridgehead atoms. The highest BCUT2D eigenvalue weighted by Gasteiger charge is 2.42. The Morgan fingerprint density at radius 3 is 2.68 bits per heavy atom. The van der Waals surface area contributed by atoms with E-state index in [-0.39, 0.29) is 6.10 Å². The summed E-state index contributed by atoms with van der Waals surface area (Å²) < 4.78 is 16.3. The van der Waals surface area contributed by atoms with E-state index < -0.39 is 0 Å². The van der Waals surface area contributed by atoms with Crippen LogP contribution < -0.4 is 9.47 Å². The van der Waals surface area contributed by atoms with Crippen molar-refractivity contribution in [3.05, 3.63) is 59.7 Å². The molecule has 0 N–H and O–H groups in total. The topological polar surface area (TPSA) is 52.5 Å². The summed E-state index contributed by atoms with van der Waals surface area (Å²) in [5.41, 5.74) is 3.40. The van der Waals surface area contributed by atoms with Crippen LogP contribution in [0.25, 0.3) is 0 Å². The third-order valence-corrected chi connectivity index (χ3v) is 5.23. The molecule has 148 valence electrons. The van der Waals surface area contributed by atoms with Gasteiger partial charge in [-0.15, -0.1) is 0 Å². The van der Waals surface area contributed by atoms with Gasteiger partial charge in [0, 0.05) is 26.7 Å². The van der Waals surface area contributed by atoms with Crippen LogP contribution in [0.5, 0.6) is 11.5 Å². The van der Waals surface area contributed by atoms with Gasteiger partial charge in [0.1, 0.15) is 12.7 Å². The van der Waals surface area contributed by atoms with Gasteiger partial charge in [-0.05, 0) is 23.3 Å². The molecule has 0 aliphatic carbocycles. The van der Waals surface area contributed by atoms with Crippen molar-refractivity contribution < 1.29 is 19.0 Å². The van der Waals surface area contributed by atoms with Crippen molar-refractivity contribution in [3.8, 4) is 11.5 Å². The van der Waals surface area contributed by atoms with Gasteiger partial charge in [-0.2, -0.15) is 0 Å². The Bertz CT molecular complexity index is 825. The summed E-state index contributed by atoms with van der Waals surface area (Å²) in [6.45, 7) is 3.68. The van der Waals surface area contributed by atoms with Crippen LogP contribution in [-0.4, -0.2) is 57.2 Å². The second-order valence-corrected chi connectivity index (χ2v) is 7.11. The molecule has 2 aromatic rings. The molecule has 0 amide bonds. The Labute approximate surface area is 165 Å². The van der Waals surface area contributed by atoms with Crippen LogP contribution >= 0.6 is 0 Å². The molecule has 2 aromatic carbocycles. The lowest BCUT2D eigenvalue weighted by atomic mass is 9.95. The molecule has 2 aliphatic heterocycles. The fraction of sp³-hybridized carbons (Fsp3) is 0.409. The second-order valence-electron chi connectivity index (χ2n) is 7.11. The summed E-state index contributed by atoms with van der Waals surface area (Å²) in [5, 5.41) is 4.35. The van der Waals surface area contributed by atoms with E-state index in [1.54, 1.807) is 14.2 Å². The average Bonchev–Trinajstić information content (AvgIpc) is 3.29. The van der Waals surface area contributed by atoms with Crippen LogP contribution in [0.2, 0.25) is 0 Å². The van der Waals surface area contributed by atoms with Gasteiger partial charge in [0.05, 0.1) is 25.3 Å². The number of likely N-dealkylation sites (tertiary alicyclic amines) is 1. The van der Waals surface area contributed by atoms with E-state index in [4.69, 9.17) is 19.0 Å². The molecule has 2 aliphatic rings. The molecule has 0 aromatic heterocycles. The molecule has 6 heteroatoms. The number of rotatable bonds is 8. The van der Waals surface area contributed by atoms with Crippen molar-refractivity contribution in [2.45, 2.75) is 12.6 Å². The van der Waals surface area contributed by atoms with Crippen LogP contribution in [0.3, 0.4) is 0 Å². The highest BCUT2D eigenvalue weighted by atomic mass is 16.6. The van der Waals surface area contributed by atoms with Gasteiger partial charge >= 0.3 is 0 Å². The highest BCUT2D eigenvalue weighted by molar-refractivity contribution is 6.03. The van der Waals surface area contributed by atoms with Gasteiger partial charge in [-0.3, -0.25) is 4.90 Å². The quantitative estimate of drug-likeness (QED) is 0.657. The zero-order chi connectivity index (χ0) is 19.3. The molecular weight excluding hydrogens is 356 g/mol. The Morgan fingerprint density at radius 2 is 1.89 bits per heavy atom. The summed E-state index contributed by atoms with van der Waals surface area (Å²) in [7, 11) is 3.32. The summed E-state index contributed by atoms with van der Waals surface area (Å²) >= 11 is 0. The Hall–Kier alpha value is -2.57. The molecule has 6 nitrogen and oxygen atoms in total. The Morgan fingerprint density at radius 1 is 1.04 bits per heavy atom. The molecule has 0 unspecified atom stereocenters. The van der Waals surface area contributed by atoms with Crippen molar-refractivity contribution >= 4 is 5.71 Å². The van der Waals surface area contributed by atoms with E-state index in [1.807, 2.05) is 24.3 Å². The predicted molar refractivity (Wildman–Crippen MR) is 107 cm³/mol. The van der Waals surface area contributed by atoms with Crippen LogP contribution in [0.4, 0.5) is 0 Å². The van der Waals surface area contributed by atoms with Gasteiger partial charge in [0.25, 0.3) is 0 Å². The predicted octanol–water partition coefficient (Wildman–Crippen LogP) is 2.96. The van der Waals surface area contributed by atoms with E-state index in [9.17, 15) is 0 Å². The molecule has 28 heavy (non-hydrogen) atoms. The number of hydrogen-bond acceptors (Lipinski definition) is 6. The fourth-order valence-electron chi connectivity index (χ4n) is 3.84. The van der Waals surface area contributed by atoms with Crippen molar-refractivity contribution in [3.63, 3.8) is 0 Å². The van der Waals surface area contributed by atoms with Crippen LogP contribution in [0.15, 0.2) is 53.7 Å². The number of benzene rings is 2. The zero-order valence-corrected chi connectivity index (χ0v) is 16.3. The molecule has 1 saturated heterocycles.